The number of hydrogen-bond acceptors (Lipinski definition) is 1. The fourth-order valence-corrected chi connectivity index (χ4v) is 6.41. The number of rotatable bonds is 8. The zero-order valence-electron chi connectivity index (χ0n) is 13.0. The van der Waals surface area contributed by atoms with E-state index in [0.717, 1.165) is 13.0 Å². The van der Waals surface area contributed by atoms with Crippen LogP contribution in [0.3, 0.4) is 0 Å². The zero-order chi connectivity index (χ0) is 14.1. The zero-order valence-corrected chi connectivity index (χ0v) is 14.0. The quantitative estimate of drug-likeness (QED) is 0.573. The molecule has 1 rings (SSSR count). The third kappa shape index (κ3) is 4.24. The van der Waals surface area contributed by atoms with Gasteiger partial charge in [-0.15, -0.1) is 0 Å². The van der Waals surface area contributed by atoms with Crippen molar-refractivity contribution in [3.05, 3.63) is 48.2 Å². The normalized spacial score (nSPS) is 12.0. The second-order valence-electron chi connectivity index (χ2n) is 5.19. The minimum atomic E-state index is -1.32. The van der Waals surface area contributed by atoms with E-state index in [1.54, 1.807) is 0 Å². The molecule has 0 aliphatic heterocycles. The Bertz CT molecular complexity index is 360. The molecule has 0 fully saturated rings. The molecular formula is C17H29NSi. The van der Waals surface area contributed by atoms with Crippen LogP contribution in [0.1, 0.15) is 39.7 Å². The molecule has 106 valence electrons. The van der Waals surface area contributed by atoms with Gasteiger partial charge in [0.2, 0.25) is 0 Å². The molecule has 0 radical (unpaired) electrons. The van der Waals surface area contributed by atoms with Crippen LogP contribution in [0.2, 0.25) is 18.1 Å². The molecule has 0 amide bonds. The van der Waals surface area contributed by atoms with Crippen molar-refractivity contribution >= 4 is 8.24 Å². The summed E-state index contributed by atoms with van der Waals surface area (Å²) in [6.07, 6.45) is 5.80. The highest BCUT2D eigenvalue weighted by atomic mass is 28.3. The average Bonchev–Trinajstić information content (AvgIpc) is 2.48. The summed E-state index contributed by atoms with van der Waals surface area (Å²) in [6.45, 7) is 10.4. The number of benzene rings is 1. The van der Waals surface area contributed by atoms with Crippen LogP contribution in [-0.4, -0.2) is 12.8 Å². The molecule has 2 heteroatoms. The van der Waals surface area contributed by atoms with Gasteiger partial charge in [0.1, 0.15) is 0 Å². The van der Waals surface area contributed by atoms with Crippen LogP contribution in [0, 0.1) is 0 Å². The fraction of sp³-hybridized carbons (Fsp3) is 0.529. The van der Waals surface area contributed by atoms with Crippen molar-refractivity contribution in [2.45, 2.75) is 58.8 Å². The predicted molar refractivity (Wildman–Crippen MR) is 88.6 cm³/mol. The molecule has 1 nitrogen and oxygen atoms in total. The van der Waals surface area contributed by atoms with Crippen molar-refractivity contribution in [2.24, 2.45) is 0 Å². The molecule has 0 atom stereocenters. The molecule has 0 aliphatic carbocycles. The van der Waals surface area contributed by atoms with Crippen LogP contribution in [0.5, 0.6) is 0 Å². The second-order valence-corrected chi connectivity index (χ2v) is 10.3. The van der Waals surface area contributed by atoms with Crippen LogP contribution in [-0.2, 0) is 6.54 Å². The second kappa shape index (κ2) is 8.21. The molecule has 1 aromatic rings. The first-order chi connectivity index (χ1) is 9.22. The van der Waals surface area contributed by atoms with E-state index >= 15 is 0 Å². The third-order valence-electron chi connectivity index (χ3n) is 4.30. The van der Waals surface area contributed by atoms with E-state index in [1.807, 2.05) is 0 Å². The molecule has 0 saturated carbocycles. The molecule has 0 N–H and O–H groups in total. The Hall–Kier alpha value is -1.02. The fourth-order valence-electron chi connectivity index (χ4n) is 2.75. The largest absolute Gasteiger partial charge is 0.399 e. The molecule has 1 aromatic carbocycles. The summed E-state index contributed by atoms with van der Waals surface area (Å²) in [5.74, 6) is 0. The van der Waals surface area contributed by atoms with Crippen molar-refractivity contribution in [3.63, 3.8) is 0 Å². The molecular weight excluding hydrogens is 246 g/mol. The number of hydrogen-bond donors (Lipinski definition) is 0. The Kier molecular flexibility index (Phi) is 6.93. The van der Waals surface area contributed by atoms with Crippen LogP contribution in [0.15, 0.2) is 42.6 Å². The van der Waals surface area contributed by atoms with Crippen molar-refractivity contribution < 1.29 is 0 Å². The topological polar surface area (TPSA) is 3.24 Å². The Morgan fingerprint density at radius 2 is 1.53 bits per heavy atom. The Morgan fingerprint density at radius 3 is 2.00 bits per heavy atom. The molecule has 0 spiro atoms. The Morgan fingerprint density at radius 1 is 0.947 bits per heavy atom. The standard InChI is InChI=1S/C17H29NSi/c1-5-9-15-18(19(6-2,7-3)8-4)16-17-13-11-10-12-14-17/h9-15H,5-8,16H2,1-4H3. The molecule has 0 aromatic heterocycles. The van der Waals surface area contributed by atoms with Gasteiger partial charge in [0.25, 0.3) is 0 Å². The van der Waals surface area contributed by atoms with Gasteiger partial charge in [-0.1, -0.05) is 64.1 Å². The highest BCUT2D eigenvalue weighted by molar-refractivity contribution is 6.77. The van der Waals surface area contributed by atoms with Crippen LogP contribution in [0.4, 0.5) is 0 Å². The number of allylic oxidation sites excluding steroid dienone is 1. The van der Waals surface area contributed by atoms with E-state index in [9.17, 15) is 0 Å². The molecule has 0 heterocycles. The van der Waals surface area contributed by atoms with Gasteiger partial charge in [0.05, 0.1) is 0 Å². The van der Waals surface area contributed by atoms with E-state index in [2.05, 4.69) is 74.9 Å². The predicted octanol–water partition coefficient (Wildman–Crippen LogP) is 5.42. The average molecular weight is 276 g/mol. The lowest BCUT2D eigenvalue weighted by molar-refractivity contribution is 0.536. The monoisotopic (exact) mass is 275 g/mol. The maximum Gasteiger partial charge on any atom is 0.155 e. The van der Waals surface area contributed by atoms with E-state index in [4.69, 9.17) is 0 Å². The van der Waals surface area contributed by atoms with Crippen LogP contribution >= 0.6 is 0 Å². The van der Waals surface area contributed by atoms with Crippen LogP contribution in [0.25, 0.3) is 0 Å². The van der Waals surface area contributed by atoms with E-state index in [1.165, 1.54) is 23.7 Å². The first-order valence-corrected chi connectivity index (χ1v) is 10.3. The van der Waals surface area contributed by atoms with Gasteiger partial charge >= 0.3 is 0 Å². The molecule has 0 saturated heterocycles. The first-order valence-electron chi connectivity index (χ1n) is 7.69. The van der Waals surface area contributed by atoms with Gasteiger partial charge in [-0.2, -0.15) is 0 Å². The van der Waals surface area contributed by atoms with Crippen molar-refractivity contribution in [1.29, 1.82) is 0 Å². The summed E-state index contributed by atoms with van der Waals surface area (Å²) in [6, 6.07) is 14.9. The lowest BCUT2D eigenvalue weighted by atomic mass is 10.2. The minimum Gasteiger partial charge on any atom is -0.399 e. The van der Waals surface area contributed by atoms with Gasteiger partial charge in [-0.3, -0.25) is 0 Å². The van der Waals surface area contributed by atoms with Crippen molar-refractivity contribution in [1.82, 2.24) is 4.57 Å². The van der Waals surface area contributed by atoms with Gasteiger partial charge in [-0.25, -0.2) is 0 Å². The lowest BCUT2D eigenvalue weighted by Gasteiger charge is -2.40. The molecule has 0 unspecified atom stereocenters. The summed E-state index contributed by atoms with van der Waals surface area (Å²) in [4.78, 5) is 0. The summed E-state index contributed by atoms with van der Waals surface area (Å²) in [5.41, 5.74) is 1.43. The summed E-state index contributed by atoms with van der Waals surface area (Å²) in [7, 11) is -1.32. The number of nitrogens with zero attached hydrogens (tertiary/aromatic N) is 1. The third-order valence-corrected chi connectivity index (χ3v) is 9.77. The van der Waals surface area contributed by atoms with Gasteiger partial charge in [0.15, 0.2) is 8.24 Å². The Labute approximate surface area is 120 Å². The molecule has 0 bridgehead atoms. The van der Waals surface area contributed by atoms with Crippen molar-refractivity contribution in [3.8, 4) is 0 Å². The maximum atomic E-state index is 2.69. The smallest absolute Gasteiger partial charge is 0.155 e. The summed E-state index contributed by atoms with van der Waals surface area (Å²) < 4.78 is 2.69. The van der Waals surface area contributed by atoms with Crippen LogP contribution < -0.4 is 0 Å². The van der Waals surface area contributed by atoms with Gasteiger partial charge in [0, 0.05) is 6.54 Å². The minimum absolute atomic E-state index is 1.07. The SMILES string of the molecule is CCC=CN(Cc1ccccc1)[Si](CC)(CC)CC. The Balaban J connectivity index is 2.96. The van der Waals surface area contributed by atoms with E-state index < -0.39 is 8.24 Å². The van der Waals surface area contributed by atoms with E-state index in [-0.39, 0.29) is 0 Å². The van der Waals surface area contributed by atoms with E-state index in [0.29, 0.717) is 0 Å². The molecule has 0 aliphatic rings. The molecule has 19 heavy (non-hydrogen) atoms. The maximum absolute atomic E-state index is 2.69. The highest BCUT2D eigenvalue weighted by Gasteiger charge is 2.32. The summed E-state index contributed by atoms with van der Waals surface area (Å²) in [5, 5.41) is 0. The van der Waals surface area contributed by atoms with Gasteiger partial charge in [-0.05, 0) is 36.3 Å². The summed E-state index contributed by atoms with van der Waals surface area (Å²) >= 11 is 0. The van der Waals surface area contributed by atoms with Crippen molar-refractivity contribution in [2.75, 3.05) is 0 Å². The highest BCUT2D eigenvalue weighted by Crippen LogP contribution is 2.27. The first kappa shape index (κ1) is 16.0. The lowest BCUT2D eigenvalue weighted by Crippen LogP contribution is -2.48. The van der Waals surface area contributed by atoms with Gasteiger partial charge < -0.3 is 4.57 Å².